The lowest BCUT2D eigenvalue weighted by Crippen LogP contribution is -2.07. The maximum atomic E-state index is 4.54. The number of aromatic nitrogens is 2. The quantitative estimate of drug-likeness (QED) is 0.766. The topological polar surface area (TPSA) is 17.8 Å². The lowest BCUT2D eigenvalue weighted by atomic mass is 10.1. The molecule has 0 radical (unpaired) electrons. The Morgan fingerprint density at radius 1 is 1.19 bits per heavy atom. The number of nitrogens with zero attached hydrogens (tertiary/aromatic N) is 2. The van der Waals surface area contributed by atoms with Crippen LogP contribution in [0.25, 0.3) is 0 Å². The van der Waals surface area contributed by atoms with Gasteiger partial charge in [0.25, 0.3) is 0 Å². The number of rotatable bonds is 3. The first-order valence-corrected chi connectivity index (χ1v) is 5.75. The average Bonchev–Trinajstić information content (AvgIpc) is 2.61. The Kier molecular flexibility index (Phi) is 3.09. The molecule has 0 amide bonds. The van der Waals surface area contributed by atoms with Gasteiger partial charge in [0, 0.05) is 5.69 Å². The van der Waals surface area contributed by atoms with E-state index < -0.39 is 0 Å². The van der Waals surface area contributed by atoms with Gasteiger partial charge in [0.1, 0.15) is 0 Å². The van der Waals surface area contributed by atoms with E-state index in [2.05, 4.69) is 54.0 Å². The molecular weight excluding hydrogens is 196 g/mol. The van der Waals surface area contributed by atoms with Crippen molar-refractivity contribution in [3.63, 3.8) is 0 Å². The van der Waals surface area contributed by atoms with Gasteiger partial charge < -0.3 is 0 Å². The molecular formula is C14H18N2. The minimum absolute atomic E-state index is 0.518. The van der Waals surface area contributed by atoms with Crippen LogP contribution in [0.15, 0.2) is 36.4 Å². The van der Waals surface area contributed by atoms with Gasteiger partial charge in [-0.1, -0.05) is 44.2 Å². The molecule has 84 valence electrons. The Bertz CT molecular complexity index is 455. The second-order valence-electron chi connectivity index (χ2n) is 4.51. The van der Waals surface area contributed by atoms with Gasteiger partial charge in [0.05, 0.1) is 12.2 Å². The molecule has 2 heteroatoms. The van der Waals surface area contributed by atoms with Crippen molar-refractivity contribution in [2.45, 2.75) is 33.2 Å². The minimum atomic E-state index is 0.518. The molecule has 0 saturated carbocycles. The highest BCUT2D eigenvalue weighted by Gasteiger charge is 2.09. The number of aryl methyl sites for hydroxylation is 1. The van der Waals surface area contributed by atoms with E-state index in [4.69, 9.17) is 0 Å². The van der Waals surface area contributed by atoms with Gasteiger partial charge in [-0.3, -0.25) is 4.68 Å². The van der Waals surface area contributed by atoms with Gasteiger partial charge in [-0.2, -0.15) is 5.10 Å². The van der Waals surface area contributed by atoms with Crippen molar-refractivity contribution in [1.29, 1.82) is 0 Å². The van der Waals surface area contributed by atoms with Gasteiger partial charge in [0.2, 0.25) is 0 Å². The zero-order valence-electron chi connectivity index (χ0n) is 10.1. The molecule has 0 atom stereocenters. The SMILES string of the molecule is Cc1cc(C(C)C)n(Cc2ccccc2)n1. The first-order valence-electron chi connectivity index (χ1n) is 5.75. The van der Waals surface area contributed by atoms with Crippen molar-refractivity contribution in [2.24, 2.45) is 0 Å². The van der Waals surface area contributed by atoms with Gasteiger partial charge in [-0.25, -0.2) is 0 Å². The van der Waals surface area contributed by atoms with Crippen LogP contribution >= 0.6 is 0 Å². The molecule has 2 nitrogen and oxygen atoms in total. The van der Waals surface area contributed by atoms with Crippen LogP contribution in [-0.4, -0.2) is 9.78 Å². The highest BCUT2D eigenvalue weighted by Crippen LogP contribution is 2.16. The summed E-state index contributed by atoms with van der Waals surface area (Å²) in [5, 5.41) is 4.54. The van der Waals surface area contributed by atoms with Gasteiger partial charge in [-0.05, 0) is 24.5 Å². The van der Waals surface area contributed by atoms with Crippen molar-refractivity contribution >= 4 is 0 Å². The Balaban J connectivity index is 2.28. The van der Waals surface area contributed by atoms with Gasteiger partial charge in [-0.15, -0.1) is 0 Å². The summed E-state index contributed by atoms with van der Waals surface area (Å²) in [6, 6.07) is 12.6. The first-order chi connectivity index (χ1) is 7.66. The molecule has 0 fully saturated rings. The molecule has 0 unspecified atom stereocenters. The average molecular weight is 214 g/mol. The van der Waals surface area contributed by atoms with E-state index in [9.17, 15) is 0 Å². The Morgan fingerprint density at radius 2 is 1.88 bits per heavy atom. The monoisotopic (exact) mass is 214 g/mol. The normalized spacial score (nSPS) is 11.0. The van der Waals surface area contributed by atoms with E-state index in [1.165, 1.54) is 11.3 Å². The number of hydrogen-bond donors (Lipinski definition) is 0. The lowest BCUT2D eigenvalue weighted by Gasteiger charge is -2.09. The lowest BCUT2D eigenvalue weighted by molar-refractivity contribution is 0.614. The fourth-order valence-corrected chi connectivity index (χ4v) is 1.91. The third-order valence-electron chi connectivity index (χ3n) is 2.70. The van der Waals surface area contributed by atoms with Crippen molar-refractivity contribution < 1.29 is 0 Å². The van der Waals surface area contributed by atoms with Crippen LogP contribution in [0.4, 0.5) is 0 Å². The second-order valence-corrected chi connectivity index (χ2v) is 4.51. The highest BCUT2D eigenvalue weighted by atomic mass is 15.3. The first kappa shape index (κ1) is 10.9. The van der Waals surface area contributed by atoms with E-state index >= 15 is 0 Å². The fraction of sp³-hybridized carbons (Fsp3) is 0.357. The molecule has 0 spiro atoms. The van der Waals surface area contributed by atoms with E-state index in [0.717, 1.165) is 12.2 Å². The third kappa shape index (κ3) is 2.32. The Morgan fingerprint density at radius 3 is 2.50 bits per heavy atom. The smallest absolute Gasteiger partial charge is 0.0662 e. The van der Waals surface area contributed by atoms with E-state index in [1.54, 1.807) is 0 Å². The summed E-state index contributed by atoms with van der Waals surface area (Å²) >= 11 is 0. The minimum Gasteiger partial charge on any atom is -0.265 e. The molecule has 0 aliphatic carbocycles. The summed E-state index contributed by atoms with van der Waals surface area (Å²) in [6.45, 7) is 7.32. The predicted octanol–water partition coefficient (Wildman–Crippen LogP) is 3.36. The third-order valence-corrected chi connectivity index (χ3v) is 2.70. The van der Waals surface area contributed by atoms with E-state index in [0.29, 0.717) is 5.92 Å². The van der Waals surface area contributed by atoms with Crippen LogP contribution in [0, 0.1) is 6.92 Å². The van der Waals surface area contributed by atoms with Crippen LogP contribution in [-0.2, 0) is 6.54 Å². The van der Waals surface area contributed by atoms with Gasteiger partial charge in [0.15, 0.2) is 0 Å². The van der Waals surface area contributed by atoms with Crippen LogP contribution in [0.5, 0.6) is 0 Å². The van der Waals surface area contributed by atoms with Crippen LogP contribution < -0.4 is 0 Å². The van der Waals surface area contributed by atoms with Crippen molar-refractivity contribution in [1.82, 2.24) is 9.78 Å². The molecule has 2 aromatic rings. The summed E-state index contributed by atoms with van der Waals surface area (Å²) in [5.41, 5.74) is 3.70. The second kappa shape index (κ2) is 4.52. The van der Waals surface area contributed by atoms with Crippen LogP contribution in [0.3, 0.4) is 0 Å². The molecule has 2 rings (SSSR count). The molecule has 16 heavy (non-hydrogen) atoms. The van der Waals surface area contributed by atoms with Gasteiger partial charge >= 0.3 is 0 Å². The summed E-state index contributed by atoms with van der Waals surface area (Å²) in [6.07, 6.45) is 0. The molecule has 0 N–H and O–H groups in total. The molecule has 1 aromatic heterocycles. The molecule has 0 bridgehead atoms. The fourth-order valence-electron chi connectivity index (χ4n) is 1.91. The number of hydrogen-bond acceptors (Lipinski definition) is 1. The zero-order valence-corrected chi connectivity index (χ0v) is 10.1. The standard InChI is InChI=1S/C14H18N2/c1-11(2)14-9-12(3)15-16(14)10-13-7-5-4-6-8-13/h4-9,11H,10H2,1-3H3. The Labute approximate surface area is 96.9 Å². The summed E-state index contributed by atoms with van der Waals surface area (Å²) < 4.78 is 2.11. The van der Waals surface area contributed by atoms with Crippen molar-refractivity contribution in [2.75, 3.05) is 0 Å². The Hall–Kier alpha value is -1.57. The molecule has 0 saturated heterocycles. The summed E-state index contributed by atoms with van der Waals surface area (Å²) in [4.78, 5) is 0. The predicted molar refractivity (Wildman–Crippen MR) is 66.6 cm³/mol. The van der Waals surface area contributed by atoms with Crippen molar-refractivity contribution in [3.05, 3.63) is 53.3 Å². The highest BCUT2D eigenvalue weighted by molar-refractivity contribution is 5.18. The molecule has 0 aliphatic heterocycles. The molecule has 0 aliphatic rings. The maximum Gasteiger partial charge on any atom is 0.0662 e. The molecule has 1 aromatic carbocycles. The van der Waals surface area contributed by atoms with Crippen molar-refractivity contribution in [3.8, 4) is 0 Å². The maximum absolute atomic E-state index is 4.54. The number of benzene rings is 1. The largest absolute Gasteiger partial charge is 0.265 e. The van der Waals surface area contributed by atoms with E-state index in [1.807, 2.05) is 13.0 Å². The van der Waals surface area contributed by atoms with Crippen LogP contribution in [0.2, 0.25) is 0 Å². The van der Waals surface area contributed by atoms with E-state index in [-0.39, 0.29) is 0 Å². The van der Waals surface area contributed by atoms with Crippen LogP contribution in [0.1, 0.15) is 36.7 Å². The molecule has 1 heterocycles. The zero-order chi connectivity index (χ0) is 11.5. The summed E-state index contributed by atoms with van der Waals surface area (Å²) in [7, 11) is 0. The summed E-state index contributed by atoms with van der Waals surface area (Å²) in [5.74, 6) is 0.518.